The van der Waals surface area contributed by atoms with Crippen LogP contribution in [-0.2, 0) is 28.6 Å². The Morgan fingerprint density at radius 3 is 1.03 bits per heavy atom. The minimum atomic E-state index is -0.801. The zero-order valence-corrected chi connectivity index (χ0v) is 41.6. The third-order valence-corrected chi connectivity index (χ3v) is 11.5. The molecular weight excluding hydrogens is 781 g/mol. The first-order valence-corrected chi connectivity index (χ1v) is 26.8. The van der Waals surface area contributed by atoms with Crippen molar-refractivity contribution < 1.29 is 28.6 Å². The van der Waals surface area contributed by atoms with Gasteiger partial charge in [0.2, 0.25) is 0 Å². The number of unbranched alkanes of at least 4 members (excludes halogenated alkanes) is 27. The first-order chi connectivity index (χ1) is 31.0. The van der Waals surface area contributed by atoms with Crippen LogP contribution in [0.2, 0.25) is 0 Å². The molecule has 0 radical (unpaired) electrons. The van der Waals surface area contributed by atoms with Crippen LogP contribution < -0.4 is 0 Å². The molecule has 364 valence electrons. The number of carbonyl (C=O) groups excluding carboxylic acids is 3. The lowest BCUT2D eigenvalue weighted by molar-refractivity contribution is -0.166. The molecule has 0 N–H and O–H groups in total. The van der Waals surface area contributed by atoms with Gasteiger partial charge in [-0.3, -0.25) is 14.4 Å². The molecule has 0 bridgehead atoms. The fraction of sp³-hybridized carbons (Fsp3) is 0.772. The highest BCUT2D eigenvalue weighted by molar-refractivity contribution is 5.71. The smallest absolute Gasteiger partial charge is 0.306 e. The summed E-state index contributed by atoms with van der Waals surface area (Å²) in [5, 5.41) is 0. The molecule has 0 aliphatic carbocycles. The molecule has 63 heavy (non-hydrogen) atoms. The monoisotopic (exact) mass is 881 g/mol. The van der Waals surface area contributed by atoms with E-state index in [1.54, 1.807) is 0 Å². The number of hydrogen-bond donors (Lipinski definition) is 0. The van der Waals surface area contributed by atoms with Crippen molar-refractivity contribution in [3.8, 4) is 0 Å². The summed E-state index contributed by atoms with van der Waals surface area (Å²) < 4.78 is 16.7. The first kappa shape index (κ1) is 60.1. The lowest BCUT2D eigenvalue weighted by atomic mass is 10.1. The molecule has 0 spiro atoms. The van der Waals surface area contributed by atoms with Gasteiger partial charge in [-0.15, -0.1) is 0 Å². The van der Waals surface area contributed by atoms with Crippen molar-refractivity contribution in [3.05, 3.63) is 60.8 Å². The van der Waals surface area contributed by atoms with Gasteiger partial charge in [-0.2, -0.15) is 0 Å². The summed E-state index contributed by atoms with van der Waals surface area (Å²) in [7, 11) is 0. The summed E-state index contributed by atoms with van der Waals surface area (Å²) in [6, 6.07) is 0. The third-order valence-electron chi connectivity index (χ3n) is 11.5. The molecule has 0 aromatic rings. The molecule has 0 aliphatic rings. The van der Waals surface area contributed by atoms with Crippen molar-refractivity contribution in [2.45, 2.75) is 271 Å². The van der Waals surface area contributed by atoms with Crippen molar-refractivity contribution in [2.24, 2.45) is 0 Å². The second-order valence-electron chi connectivity index (χ2n) is 17.8. The normalized spacial score (nSPS) is 12.5. The molecule has 1 atom stereocenters. The highest BCUT2D eigenvalue weighted by atomic mass is 16.6. The molecule has 0 heterocycles. The van der Waals surface area contributed by atoms with E-state index in [0.29, 0.717) is 19.3 Å². The predicted molar refractivity (Wildman–Crippen MR) is 270 cm³/mol. The predicted octanol–water partition coefficient (Wildman–Crippen LogP) is 17.6. The number of allylic oxidation sites excluding steroid dienone is 10. The van der Waals surface area contributed by atoms with Crippen LogP contribution in [0.5, 0.6) is 0 Å². The molecular formula is C57H100O6. The van der Waals surface area contributed by atoms with Crippen LogP contribution in [0.15, 0.2) is 60.8 Å². The van der Waals surface area contributed by atoms with E-state index in [0.717, 1.165) is 64.2 Å². The number of carbonyl (C=O) groups is 3. The van der Waals surface area contributed by atoms with Crippen molar-refractivity contribution in [1.29, 1.82) is 0 Å². The van der Waals surface area contributed by atoms with Crippen molar-refractivity contribution in [1.82, 2.24) is 0 Å². The Kier molecular flexibility index (Phi) is 49.4. The first-order valence-electron chi connectivity index (χ1n) is 26.8. The van der Waals surface area contributed by atoms with Crippen LogP contribution in [0.1, 0.15) is 265 Å². The summed E-state index contributed by atoms with van der Waals surface area (Å²) in [5.74, 6) is -0.974. The Hall–Kier alpha value is -2.89. The number of esters is 3. The average Bonchev–Trinajstić information content (AvgIpc) is 3.28. The molecule has 0 fully saturated rings. The molecule has 0 amide bonds. The lowest BCUT2D eigenvalue weighted by Crippen LogP contribution is -2.30. The highest BCUT2D eigenvalue weighted by Gasteiger charge is 2.19. The van der Waals surface area contributed by atoms with Gasteiger partial charge in [0.1, 0.15) is 13.2 Å². The molecule has 0 aromatic heterocycles. The van der Waals surface area contributed by atoms with E-state index >= 15 is 0 Å². The summed E-state index contributed by atoms with van der Waals surface area (Å²) in [4.78, 5) is 38.0. The van der Waals surface area contributed by atoms with Gasteiger partial charge >= 0.3 is 17.9 Å². The van der Waals surface area contributed by atoms with Crippen LogP contribution in [0.25, 0.3) is 0 Å². The highest BCUT2D eigenvalue weighted by Crippen LogP contribution is 2.14. The summed E-state index contributed by atoms with van der Waals surface area (Å²) >= 11 is 0. The number of ether oxygens (including phenoxy) is 3. The van der Waals surface area contributed by atoms with Crippen molar-refractivity contribution in [2.75, 3.05) is 13.2 Å². The average molecular weight is 881 g/mol. The Morgan fingerprint density at radius 1 is 0.317 bits per heavy atom. The zero-order chi connectivity index (χ0) is 45.8. The van der Waals surface area contributed by atoms with E-state index < -0.39 is 6.10 Å². The third kappa shape index (κ3) is 50.0. The molecule has 0 aliphatic heterocycles. The largest absolute Gasteiger partial charge is 0.462 e. The maximum Gasteiger partial charge on any atom is 0.306 e. The molecule has 0 rings (SSSR count). The summed E-state index contributed by atoms with van der Waals surface area (Å²) in [6.07, 6.45) is 63.5. The van der Waals surface area contributed by atoms with E-state index in [1.165, 1.54) is 154 Å². The fourth-order valence-electron chi connectivity index (χ4n) is 7.40. The topological polar surface area (TPSA) is 78.9 Å². The molecule has 0 saturated carbocycles. The van der Waals surface area contributed by atoms with E-state index in [2.05, 4.69) is 75.5 Å². The summed E-state index contributed by atoms with van der Waals surface area (Å²) in [6.45, 7) is 6.54. The van der Waals surface area contributed by atoms with Crippen LogP contribution in [-0.4, -0.2) is 37.2 Å². The molecule has 6 nitrogen and oxygen atoms in total. The maximum atomic E-state index is 12.8. The van der Waals surface area contributed by atoms with E-state index in [1.807, 2.05) is 6.08 Å². The standard InChI is InChI=1S/C57H100O6/c1-4-7-10-13-16-19-22-25-27-28-30-32-35-38-41-44-47-50-56(59)62-53-54(52-61-55(58)49-46-43-40-37-34-31-24-21-18-15-12-9-6-3)63-57(60)51-48-45-42-39-36-33-29-26-23-20-17-14-11-8-5-2/h16,19-20,23,25,27,31,34,40,43,54H,4-15,17-18,21-22,24,26,28-30,32-33,35-39,41-42,44-53H2,1-3H3/b19-16-,23-20-,27-25-,34-31-,43-40-. The van der Waals surface area contributed by atoms with Gasteiger partial charge in [-0.05, 0) is 96.3 Å². The van der Waals surface area contributed by atoms with Gasteiger partial charge in [0.25, 0.3) is 0 Å². The minimum Gasteiger partial charge on any atom is -0.462 e. The van der Waals surface area contributed by atoms with Crippen LogP contribution in [0.3, 0.4) is 0 Å². The Bertz CT molecular complexity index is 1150. The number of rotatable bonds is 48. The van der Waals surface area contributed by atoms with Crippen molar-refractivity contribution in [3.63, 3.8) is 0 Å². The second-order valence-corrected chi connectivity index (χ2v) is 17.8. The van der Waals surface area contributed by atoms with Gasteiger partial charge in [0.05, 0.1) is 0 Å². The van der Waals surface area contributed by atoms with Gasteiger partial charge in [0.15, 0.2) is 6.10 Å². The maximum absolute atomic E-state index is 12.8. The van der Waals surface area contributed by atoms with Gasteiger partial charge in [-0.25, -0.2) is 0 Å². The molecule has 0 saturated heterocycles. The summed E-state index contributed by atoms with van der Waals surface area (Å²) in [5.41, 5.74) is 0. The SMILES string of the molecule is CCCCC/C=C\C/C=C\CCCCCCCCCC(=O)OCC(COC(=O)CC/C=C\C/C=C\CCCCCCCC)OC(=O)CCCCCCCCC/C=C\CCCCCC. The molecule has 6 heteroatoms. The van der Waals surface area contributed by atoms with Crippen LogP contribution >= 0.6 is 0 Å². The molecule has 0 aromatic carbocycles. The Morgan fingerprint density at radius 2 is 0.603 bits per heavy atom. The van der Waals surface area contributed by atoms with E-state index in [9.17, 15) is 14.4 Å². The van der Waals surface area contributed by atoms with Crippen LogP contribution in [0.4, 0.5) is 0 Å². The van der Waals surface area contributed by atoms with Crippen molar-refractivity contribution >= 4 is 17.9 Å². The van der Waals surface area contributed by atoms with E-state index in [4.69, 9.17) is 14.2 Å². The minimum absolute atomic E-state index is 0.0967. The Labute approximate surface area is 390 Å². The molecule has 1 unspecified atom stereocenters. The van der Waals surface area contributed by atoms with E-state index in [-0.39, 0.29) is 37.5 Å². The van der Waals surface area contributed by atoms with Gasteiger partial charge in [-0.1, -0.05) is 210 Å². The Balaban J connectivity index is 4.44. The van der Waals surface area contributed by atoms with Crippen LogP contribution in [0, 0.1) is 0 Å². The lowest BCUT2D eigenvalue weighted by Gasteiger charge is -2.18. The zero-order valence-electron chi connectivity index (χ0n) is 41.6. The number of hydrogen-bond acceptors (Lipinski definition) is 6. The van der Waals surface area contributed by atoms with Gasteiger partial charge < -0.3 is 14.2 Å². The van der Waals surface area contributed by atoms with Gasteiger partial charge in [0, 0.05) is 19.3 Å². The quantitative estimate of drug-likeness (QED) is 0.0262. The fourth-order valence-corrected chi connectivity index (χ4v) is 7.40. The second kappa shape index (κ2) is 51.7.